The van der Waals surface area contributed by atoms with E-state index in [1.165, 1.54) is 6.08 Å². The van der Waals surface area contributed by atoms with Crippen LogP contribution in [0.2, 0.25) is 0 Å². The van der Waals surface area contributed by atoms with Gasteiger partial charge >= 0.3 is 0 Å². The van der Waals surface area contributed by atoms with Crippen LogP contribution in [0.4, 0.5) is 0 Å². The van der Waals surface area contributed by atoms with Crippen molar-refractivity contribution in [2.45, 2.75) is 12.5 Å². The fourth-order valence-electron chi connectivity index (χ4n) is 1.33. The predicted octanol–water partition coefficient (Wildman–Crippen LogP) is 1.03. The molecule has 1 saturated heterocycles. The molecule has 0 aromatic heterocycles. The molecular weight excluding hydrogens is 190 g/mol. The zero-order valence-corrected chi connectivity index (χ0v) is 8.46. The number of carbonyl (C=O) groups is 1. The Labute approximate surface area is 83.3 Å². The van der Waals surface area contributed by atoms with Crippen LogP contribution in [0.5, 0.6) is 0 Å². The van der Waals surface area contributed by atoms with E-state index in [0.717, 1.165) is 26.2 Å². The maximum atomic E-state index is 10.4. The summed E-state index contributed by atoms with van der Waals surface area (Å²) in [7, 11) is 2.02. The van der Waals surface area contributed by atoms with Gasteiger partial charge < -0.3 is 4.74 Å². The van der Waals surface area contributed by atoms with Crippen LogP contribution in [-0.2, 0) is 9.53 Å². The van der Waals surface area contributed by atoms with Gasteiger partial charge in [-0.1, -0.05) is 6.08 Å². The monoisotopic (exact) mass is 203 g/mol. The smallest absolute Gasteiger partial charge is 0.244 e. The first-order valence-electron chi connectivity index (χ1n) is 4.34. The summed E-state index contributed by atoms with van der Waals surface area (Å²) in [6.45, 7) is 2.37. The molecule has 0 spiro atoms. The minimum Gasteiger partial charge on any atom is -0.380 e. The Hall–Kier alpha value is -0.380. The molecule has 1 aliphatic rings. The van der Waals surface area contributed by atoms with Gasteiger partial charge in [0.15, 0.2) is 0 Å². The molecular formula is C9H14ClNO2. The molecule has 1 heterocycles. The van der Waals surface area contributed by atoms with Crippen molar-refractivity contribution in [3.8, 4) is 0 Å². The van der Waals surface area contributed by atoms with E-state index in [4.69, 9.17) is 16.3 Å². The highest BCUT2D eigenvalue weighted by atomic mass is 35.5. The van der Waals surface area contributed by atoms with E-state index in [2.05, 4.69) is 4.90 Å². The summed E-state index contributed by atoms with van der Waals surface area (Å²) in [6.07, 6.45) is 4.22. The van der Waals surface area contributed by atoms with E-state index in [1.807, 2.05) is 7.05 Å². The third-order valence-electron chi connectivity index (χ3n) is 2.17. The fourth-order valence-corrected chi connectivity index (χ4v) is 1.42. The normalized spacial score (nSPS) is 23.2. The van der Waals surface area contributed by atoms with Crippen LogP contribution < -0.4 is 0 Å². The lowest BCUT2D eigenvalue weighted by molar-refractivity contribution is -0.107. The SMILES string of the molecule is CN(CC=CC(=O)Cl)C1CCOC1. The van der Waals surface area contributed by atoms with Gasteiger partial charge in [0, 0.05) is 19.2 Å². The highest BCUT2D eigenvalue weighted by Gasteiger charge is 2.18. The number of allylic oxidation sites excluding steroid dienone is 1. The number of rotatable bonds is 4. The number of likely N-dealkylation sites (N-methyl/N-ethyl adjacent to an activating group) is 1. The van der Waals surface area contributed by atoms with Crippen molar-refractivity contribution in [2.24, 2.45) is 0 Å². The number of ether oxygens (including phenoxy) is 1. The van der Waals surface area contributed by atoms with Crippen molar-refractivity contribution >= 4 is 16.8 Å². The Morgan fingerprint density at radius 2 is 2.54 bits per heavy atom. The van der Waals surface area contributed by atoms with E-state index in [0.29, 0.717) is 6.04 Å². The van der Waals surface area contributed by atoms with Crippen LogP contribution in [0.1, 0.15) is 6.42 Å². The maximum absolute atomic E-state index is 10.4. The van der Waals surface area contributed by atoms with Crippen molar-refractivity contribution in [2.75, 3.05) is 26.8 Å². The van der Waals surface area contributed by atoms with Crippen LogP contribution in [0.15, 0.2) is 12.2 Å². The molecule has 1 rings (SSSR count). The number of nitrogens with zero attached hydrogens (tertiary/aromatic N) is 1. The number of hydrogen-bond acceptors (Lipinski definition) is 3. The summed E-state index contributed by atoms with van der Waals surface area (Å²) in [6, 6.07) is 0.482. The lowest BCUT2D eigenvalue weighted by atomic mass is 10.2. The largest absolute Gasteiger partial charge is 0.380 e. The molecule has 0 aromatic rings. The average molecular weight is 204 g/mol. The predicted molar refractivity (Wildman–Crippen MR) is 51.9 cm³/mol. The van der Waals surface area contributed by atoms with Crippen LogP contribution in [0.25, 0.3) is 0 Å². The topological polar surface area (TPSA) is 29.5 Å². The van der Waals surface area contributed by atoms with Crippen LogP contribution >= 0.6 is 11.6 Å². The summed E-state index contributed by atoms with van der Waals surface area (Å²) >= 11 is 5.15. The summed E-state index contributed by atoms with van der Waals surface area (Å²) < 4.78 is 5.25. The Balaban J connectivity index is 2.23. The highest BCUT2D eigenvalue weighted by Crippen LogP contribution is 2.09. The lowest BCUT2D eigenvalue weighted by Crippen LogP contribution is -2.31. The minimum atomic E-state index is -0.420. The zero-order chi connectivity index (χ0) is 9.68. The molecule has 1 aliphatic heterocycles. The molecule has 0 bridgehead atoms. The Morgan fingerprint density at radius 1 is 1.77 bits per heavy atom. The van der Waals surface area contributed by atoms with E-state index in [1.54, 1.807) is 6.08 Å². The molecule has 13 heavy (non-hydrogen) atoms. The quantitative estimate of drug-likeness (QED) is 0.505. The average Bonchev–Trinajstić information content (AvgIpc) is 2.55. The fraction of sp³-hybridized carbons (Fsp3) is 0.667. The van der Waals surface area contributed by atoms with Gasteiger partial charge in [-0.25, -0.2) is 0 Å². The molecule has 1 fully saturated rings. The zero-order valence-electron chi connectivity index (χ0n) is 7.70. The van der Waals surface area contributed by atoms with E-state index < -0.39 is 5.24 Å². The molecule has 0 saturated carbocycles. The third kappa shape index (κ3) is 3.89. The van der Waals surface area contributed by atoms with Gasteiger partial charge in [-0.15, -0.1) is 0 Å². The van der Waals surface area contributed by atoms with E-state index in [-0.39, 0.29) is 0 Å². The molecule has 0 amide bonds. The first-order chi connectivity index (χ1) is 6.20. The van der Waals surface area contributed by atoms with Crippen molar-refractivity contribution < 1.29 is 9.53 Å². The molecule has 0 radical (unpaired) electrons. The van der Waals surface area contributed by atoms with Gasteiger partial charge in [0.2, 0.25) is 5.24 Å². The van der Waals surface area contributed by atoms with Crippen LogP contribution in [0, 0.1) is 0 Å². The number of hydrogen-bond donors (Lipinski definition) is 0. The van der Waals surface area contributed by atoms with Gasteiger partial charge in [0.1, 0.15) is 0 Å². The second-order valence-electron chi connectivity index (χ2n) is 3.16. The summed E-state index contributed by atoms with van der Waals surface area (Å²) in [5.74, 6) is 0. The molecule has 0 aliphatic carbocycles. The van der Waals surface area contributed by atoms with Crippen molar-refractivity contribution in [1.29, 1.82) is 0 Å². The second-order valence-corrected chi connectivity index (χ2v) is 3.54. The lowest BCUT2D eigenvalue weighted by Gasteiger charge is -2.20. The standard InChI is InChI=1S/C9H14ClNO2/c1-11(5-2-3-9(10)12)8-4-6-13-7-8/h2-3,8H,4-7H2,1H3. The summed E-state index contributed by atoms with van der Waals surface area (Å²) in [4.78, 5) is 12.5. The molecule has 3 nitrogen and oxygen atoms in total. The van der Waals surface area contributed by atoms with Gasteiger partial charge in [0.25, 0.3) is 0 Å². The first kappa shape index (κ1) is 10.7. The van der Waals surface area contributed by atoms with Crippen molar-refractivity contribution in [1.82, 2.24) is 4.90 Å². The third-order valence-corrected chi connectivity index (χ3v) is 2.30. The van der Waals surface area contributed by atoms with Gasteiger partial charge in [0.05, 0.1) is 6.61 Å². The minimum absolute atomic E-state index is 0.420. The van der Waals surface area contributed by atoms with Gasteiger partial charge in [-0.2, -0.15) is 0 Å². The second kappa shape index (κ2) is 5.37. The van der Waals surface area contributed by atoms with E-state index in [9.17, 15) is 4.79 Å². The Bertz CT molecular complexity index is 200. The van der Waals surface area contributed by atoms with E-state index >= 15 is 0 Å². The van der Waals surface area contributed by atoms with Crippen LogP contribution in [0.3, 0.4) is 0 Å². The molecule has 1 unspecified atom stereocenters. The van der Waals surface area contributed by atoms with Gasteiger partial charge in [-0.3, -0.25) is 9.69 Å². The molecule has 4 heteroatoms. The van der Waals surface area contributed by atoms with Gasteiger partial charge in [-0.05, 0) is 31.1 Å². The molecule has 0 N–H and O–H groups in total. The first-order valence-corrected chi connectivity index (χ1v) is 4.72. The van der Waals surface area contributed by atoms with Crippen molar-refractivity contribution in [3.63, 3.8) is 0 Å². The highest BCUT2D eigenvalue weighted by molar-refractivity contribution is 6.66. The van der Waals surface area contributed by atoms with Crippen molar-refractivity contribution in [3.05, 3.63) is 12.2 Å². The van der Waals surface area contributed by atoms with Crippen LogP contribution in [-0.4, -0.2) is 43.0 Å². The number of carbonyl (C=O) groups excluding carboxylic acids is 1. The maximum Gasteiger partial charge on any atom is 0.244 e. The molecule has 0 aromatic carbocycles. The Morgan fingerprint density at radius 3 is 3.08 bits per heavy atom. The number of halogens is 1. The molecule has 1 atom stereocenters. The summed E-state index contributed by atoms with van der Waals surface area (Å²) in [5, 5.41) is -0.420. The summed E-state index contributed by atoms with van der Waals surface area (Å²) in [5.41, 5.74) is 0. The molecule has 74 valence electrons. The Kier molecular flexibility index (Phi) is 4.42.